The molecule has 0 aliphatic carbocycles. The van der Waals surface area contributed by atoms with E-state index in [0.29, 0.717) is 28.9 Å². The molecule has 0 spiro atoms. The molecule has 0 saturated carbocycles. The zero-order chi connectivity index (χ0) is 41.4. The van der Waals surface area contributed by atoms with Gasteiger partial charge in [-0.05, 0) is 72.8 Å². The first-order valence-corrected chi connectivity index (χ1v) is 20.8. The van der Waals surface area contributed by atoms with Crippen molar-refractivity contribution in [3.05, 3.63) is 194 Å². The topological polar surface area (TPSA) is 95.7 Å². The molecular weight excluding hydrogens is 777 g/mol. The van der Waals surface area contributed by atoms with Gasteiger partial charge >= 0.3 is 0 Å². The number of para-hydroxylation sites is 3. The van der Waals surface area contributed by atoms with Crippen LogP contribution in [0.5, 0.6) is 0 Å². The number of hydrogen-bond donors (Lipinski definition) is 0. The maximum Gasteiger partial charge on any atom is 0.180 e. The molecule has 5 aromatic heterocycles. The summed E-state index contributed by atoms with van der Waals surface area (Å²) < 4.78 is 15.2. The monoisotopic (exact) mass is 808 g/mol. The third-order valence-corrected chi connectivity index (χ3v) is 11.9. The van der Waals surface area contributed by atoms with E-state index in [2.05, 4.69) is 89.5 Å². The van der Waals surface area contributed by atoms with Gasteiger partial charge in [0.05, 0.1) is 11.0 Å². The van der Waals surface area contributed by atoms with E-state index in [0.717, 1.165) is 88.7 Å². The van der Waals surface area contributed by atoms with Gasteiger partial charge in [0.1, 0.15) is 28.0 Å². The van der Waals surface area contributed by atoms with E-state index in [9.17, 15) is 0 Å². The highest BCUT2D eigenvalue weighted by molar-refractivity contribution is 6.14. The molecule has 0 unspecified atom stereocenters. The first kappa shape index (κ1) is 35.0. The van der Waals surface area contributed by atoms with Gasteiger partial charge in [0.15, 0.2) is 28.9 Å². The predicted molar refractivity (Wildman–Crippen MR) is 251 cm³/mol. The van der Waals surface area contributed by atoms with Gasteiger partial charge in [-0.25, -0.2) is 24.9 Å². The van der Waals surface area contributed by atoms with Gasteiger partial charge in [-0.2, -0.15) is 0 Å². The molecule has 0 bridgehead atoms. The Hall–Kier alpha value is -8.75. The molecule has 8 heteroatoms. The molecule has 0 aliphatic heterocycles. The average molecular weight is 809 g/mol. The van der Waals surface area contributed by atoms with E-state index in [4.69, 9.17) is 33.8 Å². The van der Waals surface area contributed by atoms with Crippen molar-refractivity contribution in [1.82, 2.24) is 29.5 Å². The molecule has 0 saturated heterocycles. The van der Waals surface area contributed by atoms with Crippen molar-refractivity contribution in [3.8, 4) is 62.5 Å². The fourth-order valence-electron chi connectivity index (χ4n) is 8.97. The third kappa shape index (κ3) is 5.66. The molecule has 8 aromatic carbocycles. The third-order valence-electron chi connectivity index (χ3n) is 11.9. The summed E-state index contributed by atoms with van der Waals surface area (Å²) in [7, 11) is 0. The van der Waals surface area contributed by atoms with Crippen LogP contribution in [-0.2, 0) is 0 Å². The second-order valence-corrected chi connectivity index (χ2v) is 15.6. The van der Waals surface area contributed by atoms with Crippen molar-refractivity contribution in [2.45, 2.75) is 0 Å². The van der Waals surface area contributed by atoms with E-state index < -0.39 is 0 Å². The van der Waals surface area contributed by atoms with Crippen LogP contribution in [0.2, 0.25) is 0 Å². The molecule has 0 aliphatic rings. The Labute approximate surface area is 359 Å². The van der Waals surface area contributed by atoms with Crippen LogP contribution in [-0.4, -0.2) is 29.5 Å². The minimum Gasteiger partial charge on any atom is -0.456 e. The molecule has 0 N–H and O–H groups in total. The largest absolute Gasteiger partial charge is 0.456 e. The second kappa shape index (κ2) is 13.9. The maximum atomic E-state index is 6.52. The molecule has 0 atom stereocenters. The van der Waals surface area contributed by atoms with Gasteiger partial charge < -0.3 is 13.4 Å². The van der Waals surface area contributed by atoms with Crippen molar-refractivity contribution < 1.29 is 8.83 Å². The Morgan fingerprint density at radius 1 is 0.349 bits per heavy atom. The van der Waals surface area contributed by atoms with Crippen LogP contribution >= 0.6 is 0 Å². The number of furan rings is 2. The molecule has 8 nitrogen and oxygen atoms in total. The van der Waals surface area contributed by atoms with E-state index in [1.54, 1.807) is 0 Å². The van der Waals surface area contributed by atoms with E-state index in [1.165, 1.54) is 10.8 Å². The summed E-state index contributed by atoms with van der Waals surface area (Å²) >= 11 is 0. The number of hydrogen-bond acceptors (Lipinski definition) is 7. The average Bonchev–Trinajstić information content (AvgIpc) is 4.04. The fraction of sp³-hybridized carbons (Fsp3) is 0. The van der Waals surface area contributed by atoms with E-state index in [1.807, 2.05) is 109 Å². The Morgan fingerprint density at radius 3 is 1.62 bits per heavy atom. The number of benzene rings is 8. The molecule has 0 fully saturated rings. The minimum absolute atomic E-state index is 0.549. The van der Waals surface area contributed by atoms with Gasteiger partial charge in [-0.1, -0.05) is 121 Å². The lowest BCUT2D eigenvalue weighted by molar-refractivity contribution is 0.667. The lowest BCUT2D eigenvalue weighted by Gasteiger charge is -2.11. The van der Waals surface area contributed by atoms with Crippen LogP contribution in [0.25, 0.3) is 128 Å². The molecule has 13 rings (SSSR count). The lowest BCUT2D eigenvalue weighted by atomic mass is 10.0. The van der Waals surface area contributed by atoms with E-state index >= 15 is 0 Å². The molecule has 63 heavy (non-hydrogen) atoms. The Kier molecular flexibility index (Phi) is 7.74. The SMILES string of the molecule is c1ccc(-c2nc(-c3ccc(-n4c5ccccc5c5ccccc54)cc3)nc(-c3ccc4oc5cccc(-c6nc(-c7ccccc7)c7oc8ccccc8c7n6)c5c4c3)n2)cc1. The highest BCUT2D eigenvalue weighted by Gasteiger charge is 2.22. The van der Waals surface area contributed by atoms with Crippen molar-refractivity contribution in [2.24, 2.45) is 0 Å². The molecule has 294 valence electrons. The smallest absolute Gasteiger partial charge is 0.180 e. The summed E-state index contributed by atoms with van der Waals surface area (Å²) in [5.74, 6) is 2.29. The van der Waals surface area contributed by atoms with Gasteiger partial charge in [-0.3, -0.25) is 0 Å². The zero-order valence-corrected chi connectivity index (χ0v) is 33.5. The fourth-order valence-corrected chi connectivity index (χ4v) is 8.97. The molecule has 0 amide bonds. The summed E-state index contributed by atoms with van der Waals surface area (Å²) in [5.41, 5.74) is 12.1. The van der Waals surface area contributed by atoms with Crippen molar-refractivity contribution in [1.29, 1.82) is 0 Å². The summed E-state index contributed by atoms with van der Waals surface area (Å²) in [4.78, 5) is 25.7. The van der Waals surface area contributed by atoms with Crippen molar-refractivity contribution in [2.75, 3.05) is 0 Å². The van der Waals surface area contributed by atoms with Crippen LogP contribution in [0, 0.1) is 0 Å². The highest BCUT2D eigenvalue weighted by Crippen LogP contribution is 2.41. The van der Waals surface area contributed by atoms with Crippen molar-refractivity contribution in [3.63, 3.8) is 0 Å². The molecule has 5 heterocycles. The Balaban J connectivity index is 0.968. The molecular formula is C55H32N6O2. The Bertz CT molecular complexity index is 3860. The molecule has 0 radical (unpaired) electrons. The van der Waals surface area contributed by atoms with Crippen LogP contribution in [0.4, 0.5) is 0 Å². The summed E-state index contributed by atoms with van der Waals surface area (Å²) in [6.07, 6.45) is 0. The second-order valence-electron chi connectivity index (χ2n) is 15.6. The first-order valence-electron chi connectivity index (χ1n) is 20.8. The normalized spacial score (nSPS) is 11.8. The maximum absolute atomic E-state index is 6.52. The van der Waals surface area contributed by atoms with Gasteiger partial charge in [0.25, 0.3) is 0 Å². The quantitative estimate of drug-likeness (QED) is 0.165. The van der Waals surface area contributed by atoms with Crippen LogP contribution in [0.1, 0.15) is 0 Å². The summed E-state index contributed by atoms with van der Waals surface area (Å²) in [5, 5.41) is 5.18. The van der Waals surface area contributed by atoms with Gasteiger partial charge in [-0.15, -0.1) is 0 Å². The van der Waals surface area contributed by atoms with E-state index in [-0.39, 0.29) is 0 Å². The predicted octanol–water partition coefficient (Wildman–Crippen LogP) is 13.9. The highest BCUT2D eigenvalue weighted by atomic mass is 16.3. The number of fused-ring (bicyclic) bond motifs is 9. The standard InChI is InChI=1S/C55H32N6O2/c1-3-14-33(15-4-1)49-51-50(40-20-9-12-24-45(40)63-51)57-55(56-49)41-21-13-25-47-48(41)42-32-36(28-31-46(42)62-47)54-59-52(34-16-5-2-6-17-34)58-53(60-54)35-26-29-37(30-27-35)61-43-22-10-7-18-38(43)39-19-8-11-23-44(39)61/h1-32H. The minimum atomic E-state index is 0.549. The lowest BCUT2D eigenvalue weighted by Crippen LogP contribution is -2.00. The van der Waals surface area contributed by atoms with Gasteiger partial charge in [0, 0.05) is 60.4 Å². The summed E-state index contributed by atoms with van der Waals surface area (Å²) in [6, 6.07) is 65.8. The zero-order valence-electron chi connectivity index (χ0n) is 33.5. The number of aromatic nitrogens is 6. The Morgan fingerprint density at radius 2 is 0.905 bits per heavy atom. The number of nitrogens with zero attached hydrogens (tertiary/aromatic N) is 6. The first-order chi connectivity index (χ1) is 31.2. The van der Waals surface area contributed by atoms with Crippen molar-refractivity contribution >= 4 is 65.8 Å². The van der Waals surface area contributed by atoms with Crippen LogP contribution < -0.4 is 0 Å². The van der Waals surface area contributed by atoms with Gasteiger partial charge in [0.2, 0.25) is 0 Å². The number of rotatable bonds is 6. The summed E-state index contributed by atoms with van der Waals surface area (Å²) in [6.45, 7) is 0. The van der Waals surface area contributed by atoms with Crippen LogP contribution in [0.3, 0.4) is 0 Å². The van der Waals surface area contributed by atoms with Crippen LogP contribution in [0.15, 0.2) is 203 Å². The molecule has 13 aromatic rings.